The molecule has 0 aliphatic heterocycles. The second-order valence-electron chi connectivity index (χ2n) is 6.90. The van der Waals surface area contributed by atoms with Crippen molar-refractivity contribution in [1.29, 1.82) is 0 Å². The Hall–Kier alpha value is -4.67. The molecule has 0 unspecified atom stereocenters. The first kappa shape index (κ1) is 24.0. The largest absolute Gasteiger partial charge is 0.493 e. The van der Waals surface area contributed by atoms with Crippen molar-refractivity contribution >= 4 is 23.7 Å². The Balaban J connectivity index is 1.48. The summed E-state index contributed by atoms with van der Waals surface area (Å²) in [7, 11) is 3.08. The maximum Gasteiger partial charge on any atom is 0.329 e. The zero-order valence-corrected chi connectivity index (χ0v) is 18.4. The van der Waals surface area contributed by atoms with Crippen LogP contribution in [0, 0.1) is 10.1 Å². The highest BCUT2D eigenvalue weighted by molar-refractivity contribution is 6.35. The van der Waals surface area contributed by atoms with Gasteiger partial charge in [-0.05, 0) is 36.2 Å². The molecule has 0 saturated carbocycles. The van der Waals surface area contributed by atoms with E-state index >= 15 is 0 Å². The zero-order valence-electron chi connectivity index (χ0n) is 18.4. The minimum atomic E-state index is -0.936. The number of nitrogens with zero attached hydrogens (tertiary/aromatic N) is 2. The van der Waals surface area contributed by atoms with Crippen LogP contribution >= 0.6 is 0 Å². The van der Waals surface area contributed by atoms with Gasteiger partial charge in [0.15, 0.2) is 11.5 Å². The lowest BCUT2D eigenvalue weighted by Crippen LogP contribution is -2.38. The molecule has 11 nitrogen and oxygen atoms in total. The van der Waals surface area contributed by atoms with Crippen LogP contribution in [0.2, 0.25) is 0 Å². The number of carbonyl (C=O) groups excluding carboxylic acids is 2. The van der Waals surface area contributed by atoms with Gasteiger partial charge < -0.3 is 19.2 Å². The fourth-order valence-corrected chi connectivity index (χ4v) is 2.99. The Kier molecular flexibility index (Phi) is 7.95. The first-order valence-corrected chi connectivity index (χ1v) is 10.1. The van der Waals surface area contributed by atoms with E-state index in [4.69, 9.17) is 13.9 Å². The van der Waals surface area contributed by atoms with E-state index < -0.39 is 16.7 Å². The molecule has 2 aromatic carbocycles. The Bertz CT molecular complexity index is 1220. The number of hydrogen-bond acceptors (Lipinski definition) is 8. The second-order valence-corrected chi connectivity index (χ2v) is 6.90. The molecule has 176 valence electrons. The Morgan fingerprint density at radius 3 is 2.59 bits per heavy atom. The van der Waals surface area contributed by atoms with E-state index in [-0.39, 0.29) is 18.0 Å². The summed E-state index contributed by atoms with van der Waals surface area (Å²) < 4.78 is 16.0. The third kappa shape index (κ3) is 6.19. The monoisotopic (exact) mass is 466 g/mol. The van der Waals surface area contributed by atoms with E-state index in [2.05, 4.69) is 15.8 Å². The lowest BCUT2D eigenvalue weighted by atomic mass is 10.1. The van der Waals surface area contributed by atoms with Crippen molar-refractivity contribution in [2.75, 3.05) is 20.8 Å². The van der Waals surface area contributed by atoms with Gasteiger partial charge in [-0.2, -0.15) is 5.10 Å². The van der Waals surface area contributed by atoms with Gasteiger partial charge in [0.25, 0.3) is 5.69 Å². The molecule has 2 N–H and O–H groups in total. The van der Waals surface area contributed by atoms with Gasteiger partial charge in [-0.1, -0.05) is 18.2 Å². The standard InChI is InChI=1S/C23H22N4O7/c1-32-20-8-6-15(12-21(20)33-2)10-11-24-22(28)23(29)26-25-14-18-7-9-19(34-18)16-4-3-5-17(13-16)27(30)31/h3-9,12-14H,10-11H2,1-2H3,(H,24,28)(H,26,29)/b25-14+. The number of nitro benzene ring substituents is 1. The molecule has 1 heterocycles. The number of benzene rings is 2. The third-order valence-electron chi connectivity index (χ3n) is 4.68. The molecule has 0 radical (unpaired) electrons. The molecule has 11 heteroatoms. The number of methoxy groups -OCH3 is 2. The fraction of sp³-hybridized carbons (Fsp3) is 0.174. The number of ether oxygens (including phenoxy) is 2. The normalized spacial score (nSPS) is 10.6. The van der Waals surface area contributed by atoms with Crippen LogP contribution in [0.5, 0.6) is 11.5 Å². The highest BCUT2D eigenvalue weighted by Crippen LogP contribution is 2.27. The first-order valence-electron chi connectivity index (χ1n) is 10.1. The fourth-order valence-electron chi connectivity index (χ4n) is 2.99. The number of furan rings is 1. The number of amides is 2. The van der Waals surface area contributed by atoms with Crippen molar-refractivity contribution < 1.29 is 28.4 Å². The summed E-state index contributed by atoms with van der Waals surface area (Å²) in [5.41, 5.74) is 3.47. The van der Waals surface area contributed by atoms with Crippen molar-refractivity contribution in [3.05, 3.63) is 76.0 Å². The van der Waals surface area contributed by atoms with E-state index in [1.165, 1.54) is 25.5 Å². The highest BCUT2D eigenvalue weighted by atomic mass is 16.6. The minimum absolute atomic E-state index is 0.0616. The van der Waals surface area contributed by atoms with Crippen LogP contribution in [0.25, 0.3) is 11.3 Å². The molecular formula is C23H22N4O7. The number of rotatable bonds is 9. The van der Waals surface area contributed by atoms with Crippen molar-refractivity contribution in [2.45, 2.75) is 6.42 Å². The average Bonchev–Trinajstić information content (AvgIpc) is 3.32. The van der Waals surface area contributed by atoms with E-state index in [0.29, 0.717) is 29.2 Å². The first-order chi connectivity index (χ1) is 16.4. The molecule has 0 saturated heterocycles. The molecule has 3 aromatic rings. The number of hydrazone groups is 1. The van der Waals surface area contributed by atoms with Gasteiger partial charge in [-0.25, -0.2) is 5.43 Å². The number of non-ortho nitro benzene ring substituents is 1. The van der Waals surface area contributed by atoms with Crippen LogP contribution in [-0.2, 0) is 16.0 Å². The minimum Gasteiger partial charge on any atom is -0.493 e. The molecule has 0 atom stereocenters. The molecule has 0 bridgehead atoms. The highest BCUT2D eigenvalue weighted by Gasteiger charge is 2.13. The average molecular weight is 466 g/mol. The van der Waals surface area contributed by atoms with Crippen molar-refractivity contribution in [3.63, 3.8) is 0 Å². The van der Waals surface area contributed by atoms with E-state index in [1.54, 1.807) is 43.5 Å². The molecule has 0 fully saturated rings. The lowest BCUT2D eigenvalue weighted by Gasteiger charge is -2.09. The molecule has 34 heavy (non-hydrogen) atoms. The predicted octanol–water partition coefficient (Wildman–Crippen LogP) is 2.68. The van der Waals surface area contributed by atoms with E-state index in [9.17, 15) is 19.7 Å². The van der Waals surface area contributed by atoms with Gasteiger partial charge in [0.2, 0.25) is 0 Å². The maximum atomic E-state index is 12.0. The number of nitrogens with one attached hydrogen (secondary N) is 2. The van der Waals surface area contributed by atoms with Crippen molar-refractivity contribution in [3.8, 4) is 22.8 Å². The Morgan fingerprint density at radius 2 is 1.85 bits per heavy atom. The second kappa shape index (κ2) is 11.3. The van der Waals surface area contributed by atoms with Crippen LogP contribution in [-0.4, -0.2) is 43.7 Å². The molecule has 0 spiro atoms. The summed E-state index contributed by atoms with van der Waals surface area (Å²) in [6.07, 6.45) is 1.70. The smallest absolute Gasteiger partial charge is 0.329 e. The molecule has 1 aromatic heterocycles. The zero-order chi connectivity index (χ0) is 24.5. The van der Waals surface area contributed by atoms with Gasteiger partial charge in [0, 0.05) is 24.2 Å². The van der Waals surface area contributed by atoms with Gasteiger partial charge in [0.1, 0.15) is 11.5 Å². The van der Waals surface area contributed by atoms with Crippen molar-refractivity contribution in [2.24, 2.45) is 5.10 Å². The summed E-state index contributed by atoms with van der Waals surface area (Å²) in [6.45, 7) is 0.232. The van der Waals surface area contributed by atoms with Crippen LogP contribution in [0.1, 0.15) is 11.3 Å². The third-order valence-corrected chi connectivity index (χ3v) is 4.68. The summed E-state index contributed by atoms with van der Waals surface area (Å²) in [6, 6.07) is 14.6. The van der Waals surface area contributed by atoms with E-state index in [0.717, 1.165) is 5.56 Å². The molecular weight excluding hydrogens is 444 g/mol. The quantitative estimate of drug-likeness (QED) is 0.213. The van der Waals surface area contributed by atoms with Crippen LogP contribution < -0.4 is 20.2 Å². The predicted molar refractivity (Wildman–Crippen MR) is 123 cm³/mol. The molecule has 3 rings (SSSR count). The maximum absolute atomic E-state index is 12.0. The summed E-state index contributed by atoms with van der Waals surface area (Å²) in [5, 5.41) is 17.1. The van der Waals surface area contributed by atoms with E-state index in [1.807, 2.05) is 6.07 Å². The molecule has 0 aliphatic carbocycles. The number of nitro groups is 1. The topological polar surface area (TPSA) is 145 Å². The summed E-state index contributed by atoms with van der Waals surface area (Å²) in [4.78, 5) is 34.3. The van der Waals surface area contributed by atoms with Gasteiger partial charge in [-0.3, -0.25) is 19.7 Å². The number of hydrogen-bond donors (Lipinski definition) is 2. The van der Waals surface area contributed by atoms with Crippen LogP contribution in [0.4, 0.5) is 5.69 Å². The Labute approximate surface area is 194 Å². The summed E-state index contributed by atoms with van der Waals surface area (Å²) in [5.74, 6) is 0.0784. The van der Waals surface area contributed by atoms with Crippen molar-refractivity contribution in [1.82, 2.24) is 10.7 Å². The number of carbonyl (C=O) groups is 2. The SMILES string of the molecule is COc1ccc(CCNC(=O)C(=O)N/N=C/c2ccc(-c3cccc([N+](=O)[O-])c3)o2)cc1OC. The van der Waals surface area contributed by atoms with Gasteiger partial charge in [0.05, 0.1) is 25.4 Å². The molecule has 2 amide bonds. The van der Waals surface area contributed by atoms with Gasteiger partial charge in [-0.15, -0.1) is 0 Å². The van der Waals surface area contributed by atoms with Gasteiger partial charge >= 0.3 is 11.8 Å². The molecule has 0 aliphatic rings. The Morgan fingerprint density at radius 1 is 1.06 bits per heavy atom. The van der Waals surface area contributed by atoms with Crippen LogP contribution in [0.3, 0.4) is 0 Å². The van der Waals surface area contributed by atoms with Crippen LogP contribution in [0.15, 0.2) is 64.1 Å². The lowest BCUT2D eigenvalue weighted by molar-refractivity contribution is -0.384. The summed E-state index contributed by atoms with van der Waals surface area (Å²) >= 11 is 0.